The summed E-state index contributed by atoms with van der Waals surface area (Å²) in [6.07, 6.45) is 2.40. The highest BCUT2D eigenvalue weighted by Gasteiger charge is 2.18. The first-order chi connectivity index (χ1) is 19.4. The minimum atomic E-state index is -0.552. The van der Waals surface area contributed by atoms with Gasteiger partial charge in [-0.1, -0.05) is 67.0 Å². The van der Waals surface area contributed by atoms with Crippen molar-refractivity contribution in [1.82, 2.24) is 14.9 Å². The van der Waals surface area contributed by atoms with Crippen LogP contribution in [-0.2, 0) is 22.5 Å². The van der Waals surface area contributed by atoms with Crippen molar-refractivity contribution in [2.45, 2.75) is 33.1 Å². The van der Waals surface area contributed by atoms with E-state index in [4.69, 9.17) is 14.6 Å². The molecule has 1 aromatic heterocycles. The van der Waals surface area contributed by atoms with Gasteiger partial charge in [0.2, 0.25) is 6.41 Å². The van der Waals surface area contributed by atoms with E-state index in [0.717, 1.165) is 28.8 Å². The zero-order valence-corrected chi connectivity index (χ0v) is 22.9. The highest BCUT2D eigenvalue weighted by molar-refractivity contribution is 6.08. The molecule has 0 unspecified atom stereocenters. The van der Waals surface area contributed by atoms with E-state index < -0.39 is 5.82 Å². The van der Waals surface area contributed by atoms with Gasteiger partial charge in [0.15, 0.2) is 17.4 Å². The summed E-state index contributed by atoms with van der Waals surface area (Å²) in [6.45, 7) is 3.79. The van der Waals surface area contributed by atoms with Crippen molar-refractivity contribution in [3.05, 3.63) is 111 Å². The second-order valence-electron chi connectivity index (χ2n) is 9.10. The molecule has 0 aliphatic rings. The van der Waals surface area contributed by atoms with Crippen molar-refractivity contribution in [2.75, 3.05) is 14.2 Å². The van der Waals surface area contributed by atoms with Gasteiger partial charge in [-0.15, -0.1) is 0 Å². The molecule has 0 bridgehead atoms. The standard InChI is InChI=1S/C31H31FN4O4/c1-5-8-28-26(31(38)36(20(2)34-28)23-15-16-29(39-3)27(32)18-23)17-21-11-13-22(14-12-21)24-9-6-7-10-25(24)30(33-19-37)35-40-4/h6-7,9-16,18-19H,5,8,17H2,1-4H3,(H,33,35,37). The highest BCUT2D eigenvalue weighted by Crippen LogP contribution is 2.26. The fourth-order valence-electron chi connectivity index (χ4n) is 4.69. The SMILES string of the molecule is CCCc1nc(C)n(-c2ccc(OC)c(F)c2)c(=O)c1Cc1ccc(-c2ccccc2/C(=N/OC)NC=O)cc1. The molecule has 4 rings (SSSR count). The number of amides is 1. The number of oxime groups is 1. The van der Waals surface area contributed by atoms with Gasteiger partial charge in [0, 0.05) is 23.6 Å². The van der Waals surface area contributed by atoms with Crippen molar-refractivity contribution < 1.29 is 18.8 Å². The minimum Gasteiger partial charge on any atom is -0.494 e. The molecule has 0 fully saturated rings. The summed E-state index contributed by atoms with van der Waals surface area (Å²) in [5.74, 6) is 0.340. The lowest BCUT2D eigenvalue weighted by atomic mass is 9.96. The number of methoxy groups -OCH3 is 1. The number of benzene rings is 3. The molecule has 8 nitrogen and oxygen atoms in total. The Labute approximate surface area is 232 Å². The van der Waals surface area contributed by atoms with E-state index in [1.165, 1.54) is 30.9 Å². The third kappa shape index (κ3) is 5.93. The number of nitrogens with zero attached hydrogens (tertiary/aromatic N) is 3. The quantitative estimate of drug-likeness (QED) is 0.132. The van der Waals surface area contributed by atoms with Gasteiger partial charge in [0.05, 0.1) is 18.5 Å². The molecule has 0 atom stereocenters. The molecule has 9 heteroatoms. The lowest BCUT2D eigenvalue weighted by molar-refractivity contribution is -0.108. The number of rotatable bonds is 10. The maximum Gasteiger partial charge on any atom is 0.261 e. The van der Waals surface area contributed by atoms with Gasteiger partial charge >= 0.3 is 0 Å². The summed E-state index contributed by atoms with van der Waals surface area (Å²) >= 11 is 0. The number of nitrogens with one attached hydrogen (secondary N) is 1. The summed E-state index contributed by atoms with van der Waals surface area (Å²) in [6, 6.07) is 19.8. The normalized spacial score (nSPS) is 11.3. The van der Waals surface area contributed by atoms with Crippen molar-refractivity contribution in [3.8, 4) is 22.6 Å². The molecule has 1 amide bonds. The molecule has 1 N–H and O–H groups in total. The maximum absolute atomic E-state index is 14.5. The van der Waals surface area contributed by atoms with Crippen molar-refractivity contribution in [2.24, 2.45) is 5.16 Å². The number of hydrogen-bond donors (Lipinski definition) is 1. The van der Waals surface area contributed by atoms with E-state index in [1.54, 1.807) is 13.0 Å². The molecule has 0 spiro atoms. The molecule has 0 saturated carbocycles. The first-order valence-corrected chi connectivity index (χ1v) is 12.9. The molecular formula is C31H31FN4O4. The van der Waals surface area contributed by atoms with Crippen LogP contribution in [0.3, 0.4) is 0 Å². The molecule has 206 valence electrons. The fourth-order valence-corrected chi connectivity index (χ4v) is 4.69. The van der Waals surface area contributed by atoms with Gasteiger partial charge in [-0.3, -0.25) is 14.2 Å². The predicted octanol–water partition coefficient (Wildman–Crippen LogP) is 4.95. The van der Waals surface area contributed by atoms with Crippen LogP contribution in [0.4, 0.5) is 4.39 Å². The van der Waals surface area contributed by atoms with E-state index >= 15 is 0 Å². The Balaban J connectivity index is 1.73. The summed E-state index contributed by atoms with van der Waals surface area (Å²) in [4.78, 5) is 34.6. The van der Waals surface area contributed by atoms with E-state index in [-0.39, 0.29) is 11.3 Å². The number of halogens is 1. The van der Waals surface area contributed by atoms with Gasteiger partial charge in [0.25, 0.3) is 5.56 Å². The maximum atomic E-state index is 14.5. The molecule has 4 aromatic rings. The molecular weight excluding hydrogens is 511 g/mol. The van der Waals surface area contributed by atoms with Gasteiger partial charge < -0.3 is 14.9 Å². The van der Waals surface area contributed by atoms with Crippen LogP contribution in [0.25, 0.3) is 16.8 Å². The van der Waals surface area contributed by atoms with Gasteiger partial charge in [0.1, 0.15) is 12.9 Å². The summed E-state index contributed by atoms with van der Waals surface area (Å²) in [7, 11) is 2.81. The number of aryl methyl sites for hydroxylation is 2. The largest absolute Gasteiger partial charge is 0.494 e. The van der Waals surface area contributed by atoms with Gasteiger partial charge in [-0.05, 0) is 42.2 Å². The summed E-state index contributed by atoms with van der Waals surface area (Å²) in [5, 5.41) is 6.52. The smallest absolute Gasteiger partial charge is 0.261 e. The molecule has 0 aliphatic carbocycles. The Morgan fingerprint density at radius 1 is 1.10 bits per heavy atom. The summed E-state index contributed by atoms with van der Waals surface area (Å²) in [5.41, 5.74) is 4.85. The number of amidine groups is 1. The van der Waals surface area contributed by atoms with Gasteiger partial charge in [-0.2, -0.15) is 0 Å². The Morgan fingerprint density at radius 2 is 1.85 bits per heavy atom. The number of carbonyl (C=O) groups excluding carboxylic acids is 1. The number of hydrogen-bond acceptors (Lipinski definition) is 6. The second kappa shape index (κ2) is 12.8. The molecule has 0 aliphatic heterocycles. The Bertz CT molecular complexity index is 1600. The number of carbonyl (C=O) groups is 1. The monoisotopic (exact) mass is 542 g/mol. The first-order valence-electron chi connectivity index (χ1n) is 12.9. The average molecular weight is 543 g/mol. The third-order valence-corrected chi connectivity index (χ3v) is 6.52. The van der Waals surface area contributed by atoms with Crippen LogP contribution in [0.1, 0.15) is 41.6 Å². The van der Waals surface area contributed by atoms with E-state index in [2.05, 4.69) is 10.5 Å². The third-order valence-electron chi connectivity index (χ3n) is 6.52. The van der Waals surface area contributed by atoms with Crippen molar-refractivity contribution in [3.63, 3.8) is 0 Å². The van der Waals surface area contributed by atoms with Crippen LogP contribution in [0.2, 0.25) is 0 Å². The Kier molecular flexibility index (Phi) is 9.06. The fraction of sp³-hybridized carbons (Fsp3) is 0.226. The van der Waals surface area contributed by atoms with Crippen LogP contribution in [0.15, 0.2) is 76.7 Å². The zero-order valence-electron chi connectivity index (χ0n) is 22.9. The lowest BCUT2D eigenvalue weighted by Crippen LogP contribution is -2.28. The molecule has 3 aromatic carbocycles. The molecule has 0 radical (unpaired) electrons. The Morgan fingerprint density at radius 3 is 2.50 bits per heavy atom. The van der Waals surface area contributed by atoms with Crippen LogP contribution in [0.5, 0.6) is 5.75 Å². The molecule has 40 heavy (non-hydrogen) atoms. The lowest BCUT2D eigenvalue weighted by Gasteiger charge is -2.16. The number of aromatic nitrogens is 2. The Hall–Kier alpha value is -4.79. The highest BCUT2D eigenvalue weighted by atomic mass is 19.1. The van der Waals surface area contributed by atoms with Crippen molar-refractivity contribution >= 4 is 12.2 Å². The van der Waals surface area contributed by atoms with Crippen molar-refractivity contribution in [1.29, 1.82) is 0 Å². The van der Waals surface area contributed by atoms with Crippen LogP contribution in [-0.4, -0.2) is 36.0 Å². The van der Waals surface area contributed by atoms with E-state index in [9.17, 15) is 14.0 Å². The van der Waals surface area contributed by atoms with E-state index in [1.807, 2.05) is 55.5 Å². The van der Waals surface area contributed by atoms with E-state index in [0.29, 0.717) is 47.7 Å². The summed E-state index contributed by atoms with van der Waals surface area (Å²) < 4.78 is 21.0. The zero-order chi connectivity index (χ0) is 28.6. The topological polar surface area (TPSA) is 94.8 Å². The van der Waals surface area contributed by atoms with Gasteiger partial charge in [-0.25, -0.2) is 9.37 Å². The number of ether oxygens (including phenoxy) is 1. The minimum absolute atomic E-state index is 0.106. The molecule has 1 heterocycles. The second-order valence-corrected chi connectivity index (χ2v) is 9.10. The van der Waals surface area contributed by atoms with Crippen LogP contribution < -0.4 is 15.6 Å². The van der Waals surface area contributed by atoms with Crippen LogP contribution in [0, 0.1) is 12.7 Å². The predicted molar refractivity (Wildman–Crippen MR) is 153 cm³/mol. The van der Waals surface area contributed by atoms with Crippen LogP contribution >= 0.6 is 0 Å². The average Bonchev–Trinajstić information content (AvgIpc) is 2.95. The molecule has 0 saturated heterocycles. The first kappa shape index (κ1) is 28.2.